The molecule has 2 rings (SSSR count). The van der Waals surface area contributed by atoms with Crippen molar-refractivity contribution in [2.45, 2.75) is 6.54 Å². The van der Waals surface area contributed by atoms with Crippen LogP contribution in [0.4, 0.5) is 0 Å². The summed E-state index contributed by atoms with van der Waals surface area (Å²) >= 11 is 0. The fourth-order valence-electron chi connectivity index (χ4n) is 1.47. The molecule has 0 radical (unpaired) electrons. The van der Waals surface area contributed by atoms with Gasteiger partial charge in [0, 0.05) is 0 Å². The predicted octanol–water partition coefficient (Wildman–Crippen LogP) is 0.341. The number of nitrogens with zero attached hydrogens (tertiary/aromatic N) is 4. The number of aliphatic hydroxyl groups is 1. The van der Waals surface area contributed by atoms with Crippen LogP contribution in [0.3, 0.4) is 0 Å². The minimum atomic E-state index is -0.00676. The van der Waals surface area contributed by atoms with Gasteiger partial charge in [0.2, 0.25) is 0 Å². The van der Waals surface area contributed by atoms with Crippen molar-refractivity contribution in [3.63, 3.8) is 0 Å². The van der Waals surface area contributed by atoms with Crippen molar-refractivity contribution in [2.75, 3.05) is 13.7 Å². The van der Waals surface area contributed by atoms with E-state index in [1.165, 1.54) is 4.68 Å². The van der Waals surface area contributed by atoms with Crippen LogP contribution in [0.5, 0.6) is 5.75 Å². The first-order valence-corrected chi connectivity index (χ1v) is 4.87. The minimum Gasteiger partial charge on any atom is -0.496 e. The van der Waals surface area contributed by atoms with Crippen molar-refractivity contribution in [1.82, 2.24) is 20.2 Å². The lowest BCUT2D eigenvalue weighted by Crippen LogP contribution is -2.06. The standard InChI is InChI=1S/C10H12N4O2/c1-16-9-5-3-2-4-8(9)10-11-12-13-14(10)6-7-15/h2-5,15H,6-7H2,1H3. The molecule has 0 fully saturated rings. The Labute approximate surface area is 92.5 Å². The van der Waals surface area contributed by atoms with Crippen molar-refractivity contribution in [1.29, 1.82) is 0 Å². The third-order valence-electron chi connectivity index (χ3n) is 2.19. The molecule has 6 nitrogen and oxygen atoms in total. The monoisotopic (exact) mass is 220 g/mol. The Hall–Kier alpha value is -1.95. The second-order valence-electron chi connectivity index (χ2n) is 3.15. The van der Waals surface area contributed by atoms with Crippen LogP contribution in [-0.4, -0.2) is 39.0 Å². The van der Waals surface area contributed by atoms with Crippen LogP contribution in [0.25, 0.3) is 11.4 Å². The molecule has 0 bridgehead atoms. The molecule has 84 valence electrons. The Morgan fingerprint density at radius 1 is 1.38 bits per heavy atom. The van der Waals surface area contributed by atoms with Crippen molar-refractivity contribution in [3.05, 3.63) is 24.3 Å². The summed E-state index contributed by atoms with van der Waals surface area (Å²) in [5.74, 6) is 1.29. The van der Waals surface area contributed by atoms with E-state index < -0.39 is 0 Å². The van der Waals surface area contributed by atoms with E-state index in [4.69, 9.17) is 9.84 Å². The maximum atomic E-state index is 8.89. The first-order valence-electron chi connectivity index (χ1n) is 4.87. The van der Waals surface area contributed by atoms with Crippen LogP contribution < -0.4 is 4.74 Å². The number of hydrogen-bond donors (Lipinski definition) is 1. The van der Waals surface area contributed by atoms with Gasteiger partial charge >= 0.3 is 0 Å². The number of tetrazole rings is 1. The highest BCUT2D eigenvalue weighted by Gasteiger charge is 2.12. The zero-order valence-corrected chi connectivity index (χ0v) is 8.87. The van der Waals surface area contributed by atoms with E-state index in [2.05, 4.69) is 15.5 Å². The summed E-state index contributed by atoms with van der Waals surface area (Å²) in [5, 5.41) is 20.2. The second-order valence-corrected chi connectivity index (χ2v) is 3.15. The van der Waals surface area contributed by atoms with Crippen LogP contribution in [0.1, 0.15) is 0 Å². The lowest BCUT2D eigenvalue weighted by atomic mass is 10.2. The third-order valence-corrected chi connectivity index (χ3v) is 2.19. The molecule has 0 aliphatic rings. The molecule has 1 N–H and O–H groups in total. The predicted molar refractivity (Wildman–Crippen MR) is 56.9 cm³/mol. The molecular formula is C10H12N4O2. The Balaban J connectivity index is 2.45. The Morgan fingerprint density at radius 2 is 2.19 bits per heavy atom. The summed E-state index contributed by atoms with van der Waals surface area (Å²) in [6, 6.07) is 7.48. The summed E-state index contributed by atoms with van der Waals surface area (Å²) < 4.78 is 6.77. The first-order chi connectivity index (χ1) is 7.86. The van der Waals surface area contributed by atoms with Crippen LogP contribution in [0.2, 0.25) is 0 Å². The van der Waals surface area contributed by atoms with Crippen LogP contribution in [-0.2, 0) is 6.54 Å². The minimum absolute atomic E-state index is 0.00676. The molecule has 1 heterocycles. The smallest absolute Gasteiger partial charge is 0.185 e. The molecule has 2 aromatic rings. The first kappa shape index (κ1) is 10.6. The molecule has 1 aromatic carbocycles. The molecule has 0 aliphatic heterocycles. The number of methoxy groups -OCH3 is 1. The lowest BCUT2D eigenvalue weighted by Gasteiger charge is -2.07. The zero-order chi connectivity index (χ0) is 11.4. The maximum Gasteiger partial charge on any atom is 0.185 e. The SMILES string of the molecule is COc1ccccc1-c1nnnn1CCO. The molecule has 1 aromatic heterocycles. The number of aliphatic hydroxyl groups excluding tert-OH is 1. The molecule has 0 spiro atoms. The molecular weight excluding hydrogens is 208 g/mol. The van der Waals surface area contributed by atoms with Crippen molar-refractivity contribution in [2.24, 2.45) is 0 Å². The maximum absolute atomic E-state index is 8.89. The van der Waals surface area contributed by atoms with E-state index in [1.807, 2.05) is 24.3 Å². The van der Waals surface area contributed by atoms with Crippen LogP contribution in [0.15, 0.2) is 24.3 Å². The van der Waals surface area contributed by atoms with Gasteiger partial charge < -0.3 is 9.84 Å². The highest BCUT2D eigenvalue weighted by atomic mass is 16.5. The summed E-state index contributed by atoms with van der Waals surface area (Å²) in [6.07, 6.45) is 0. The van der Waals surface area contributed by atoms with Gasteiger partial charge in [0.05, 0.1) is 25.8 Å². The fraction of sp³-hybridized carbons (Fsp3) is 0.300. The molecule has 0 saturated heterocycles. The van der Waals surface area contributed by atoms with Gasteiger partial charge in [0.15, 0.2) is 5.82 Å². The van der Waals surface area contributed by atoms with Gasteiger partial charge in [-0.1, -0.05) is 12.1 Å². The number of benzene rings is 1. The summed E-state index contributed by atoms with van der Waals surface area (Å²) in [7, 11) is 1.60. The number of hydrogen-bond acceptors (Lipinski definition) is 5. The van der Waals surface area contributed by atoms with E-state index in [-0.39, 0.29) is 6.61 Å². The molecule has 0 unspecified atom stereocenters. The van der Waals surface area contributed by atoms with Gasteiger partial charge in [-0.15, -0.1) is 5.10 Å². The van der Waals surface area contributed by atoms with E-state index in [0.29, 0.717) is 18.1 Å². The summed E-state index contributed by atoms with van der Waals surface area (Å²) in [6.45, 7) is 0.355. The number of para-hydroxylation sites is 1. The largest absolute Gasteiger partial charge is 0.496 e. The van der Waals surface area contributed by atoms with E-state index >= 15 is 0 Å². The molecule has 0 aliphatic carbocycles. The van der Waals surface area contributed by atoms with Crippen LogP contribution >= 0.6 is 0 Å². The van der Waals surface area contributed by atoms with Gasteiger partial charge in [0.1, 0.15) is 5.75 Å². The molecule has 0 amide bonds. The Kier molecular flexibility index (Phi) is 3.11. The van der Waals surface area contributed by atoms with E-state index in [1.54, 1.807) is 7.11 Å². The van der Waals surface area contributed by atoms with Crippen LogP contribution in [0, 0.1) is 0 Å². The highest BCUT2D eigenvalue weighted by Crippen LogP contribution is 2.26. The zero-order valence-electron chi connectivity index (χ0n) is 8.87. The van der Waals surface area contributed by atoms with Gasteiger partial charge in [-0.3, -0.25) is 0 Å². The highest BCUT2D eigenvalue weighted by molar-refractivity contribution is 5.63. The normalized spacial score (nSPS) is 10.4. The quantitative estimate of drug-likeness (QED) is 0.804. The lowest BCUT2D eigenvalue weighted by molar-refractivity contribution is 0.268. The average molecular weight is 220 g/mol. The van der Waals surface area contributed by atoms with Crippen molar-refractivity contribution in [3.8, 4) is 17.1 Å². The molecule has 6 heteroatoms. The second kappa shape index (κ2) is 4.71. The van der Waals surface area contributed by atoms with Gasteiger partial charge in [0.25, 0.3) is 0 Å². The summed E-state index contributed by atoms with van der Waals surface area (Å²) in [5.41, 5.74) is 0.809. The van der Waals surface area contributed by atoms with E-state index in [0.717, 1.165) is 5.56 Å². The summed E-state index contributed by atoms with van der Waals surface area (Å²) in [4.78, 5) is 0. The van der Waals surface area contributed by atoms with Crippen molar-refractivity contribution < 1.29 is 9.84 Å². The number of aromatic nitrogens is 4. The molecule has 0 saturated carbocycles. The number of ether oxygens (including phenoxy) is 1. The topological polar surface area (TPSA) is 73.1 Å². The number of rotatable bonds is 4. The fourth-order valence-corrected chi connectivity index (χ4v) is 1.47. The Morgan fingerprint density at radius 3 is 2.94 bits per heavy atom. The van der Waals surface area contributed by atoms with Gasteiger partial charge in [-0.05, 0) is 22.6 Å². The third kappa shape index (κ3) is 1.87. The Bertz CT molecular complexity index is 469. The average Bonchev–Trinajstić information content (AvgIpc) is 2.77. The van der Waals surface area contributed by atoms with E-state index in [9.17, 15) is 0 Å². The molecule has 0 atom stereocenters. The van der Waals surface area contributed by atoms with Gasteiger partial charge in [-0.25, -0.2) is 4.68 Å². The van der Waals surface area contributed by atoms with Gasteiger partial charge in [-0.2, -0.15) is 0 Å². The van der Waals surface area contributed by atoms with Crippen molar-refractivity contribution >= 4 is 0 Å². The molecule has 16 heavy (non-hydrogen) atoms.